The van der Waals surface area contributed by atoms with E-state index in [2.05, 4.69) is 0 Å². The molecule has 0 aromatic rings. The maximum absolute atomic E-state index is 12.7. The molecule has 1 rings (SSSR count). The summed E-state index contributed by atoms with van der Waals surface area (Å²) in [7, 11) is 0. The second-order valence-electron chi connectivity index (χ2n) is 2.92. The Balaban J connectivity index is 2.42. The summed E-state index contributed by atoms with van der Waals surface area (Å²) >= 11 is 5.35. The monoisotopic (exact) mass is 152 g/mol. The van der Waals surface area contributed by atoms with Gasteiger partial charge in [-0.05, 0) is 6.42 Å². The van der Waals surface area contributed by atoms with Crippen LogP contribution in [0.1, 0.15) is 19.8 Å². The highest BCUT2D eigenvalue weighted by atomic mass is 35.5. The van der Waals surface area contributed by atoms with Crippen molar-refractivity contribution >= 4 is 11.6 Å². The third kappa shape index (κ3) is 1.06. The highest BCUT2D eigenvalue weighted by Crippen LogP contribution is 2.63. The first kappa shape index (κ1) is 7.29. The molecule has 1 nitrogen and oxygen atoms in total. The van der Waals surface area contributed by atoms with Crippen molar-refractivity contribution in [2.45, 2.75) is 24.9 Å². The molecule has 0 aromatic carbocycles. The van der Waals surface area contributed by atoms with E-state index in [9.17, 15) is 4.39 Å². The van der Waals surface area contributed by atoms with Gasteiger partial charge in [-0.25, -0.2) is 4.39 Å². The Bertz CT molecular complexity index is 126. The second kappa shape index (κ2) is 1.83. The molecule has 1 aliphatic rings. The maximum atomic E-state index is 12.7. The summed E-state index contributed by atoms with van der Waals surface area (Å²) in [5.74, 6) is 0. The SMILES string of the molecule is C[C@@]1(CCO)C[C@@]1(F)Cl. The van der Waals surface area contributed by atoms with Crippen LogP contribution in [-0.2, 0) is 0 Å². The lowest BCUT2D eigenvalue weighted by Crippen LogP contribution is -2.06. The van der Waals surface area contributed by atoms with Crippen LogP contribution in [0.25, 0.3) is 0 Å². The fourth-order valence-corrected chi connectivity index (χ4v) is 1.35. The number of halogens is 2. The lowest BCUT2D eigenvalue weighted by Gasteiger charge is -2.06. The molecule has 0 spiro atoms. The highest BCUT2D eigenvalue weighted by Gasteiger charge is 2.64. The number of rotatable bonds is 2. The molecule has 1 aliphatic carbocycles. The summed E-state index contributed by atoms with van der Waals surface area (Å²) in [6, 6.07) is 0. The molecule has 0 aliphatic heterocycles. The van der Waals surface area contributed by atoms with Crippen LogP contribution in [0.4, 0.5) is 4.39 Å². The molecular weight excluding hydrogens is 143 g/mol. The highest BCUT2D eigenvalue weighted by molar-refractivity contribution is 6.25. The lowest BCUT2D eigenvalue weighted by atomic mass is 10.1. The van der Waals surface area contributed by atoms with Gasteiger partial charge in [-0.1, -0.05) is 18.5 Å². The molecule has 9 heavy (non-hydrogen) atoms. The standard InChI is InChI=1S/C6H10ClFO/c1-5(2-3-9)4-6(5,7)8/h9H,2-4H2,1H3/t5-,6+/m1/s1. The summed E-state index contributed by atoms with van der Waals surface area (Å²) in [5.41, 5.74) is -0.455. The summed E-state index contributed by atoms with van der Waals surface area (Å²) in [4.78, 5) is 0. The quantitative estimate of drug-likeness (QED) is 0.597. The Kier molecular flexibility index (Phi) is 1.48. The van der Waals surface area contributed by atoms with Gasteiger partial charge in [-0.3, -0.25) is 0 Å². The van der Waals surface area contributed by atoms with Gasteiger partial charge in [-0.15, -0.1) is 0 Å². The van der Waals surface area contributed by atoms with Crippen molar-refractivity contribution < 1.29 is 9.50 Å². The van der Waals surface area contributed by atoms with Gasteiger partial charge in [0.05, 0.1) is 0 Å². The minimum atomic E-state index is -1.53. The Morgan fingerprint density at radius 2 is 2.22 bits per heavy atom. The van der Waals surface area contributed by atoms with Crippen LogP contribution >= 0.6 is 11.6 Å². The van der Waals surface area contributed by atoms with Crippen molar-refractivity contribution in [3.8, 4) is 0 Å². The van der Waals surface area contributed by atoms with E-state index in [1.165, 1.54) is 0 Å². The van der Waals surface area contributed by atoms with E-state index in [1.54, 1.807) is 6.92 Å². The van der Waals surface area contributed by atoms with Crippen molar-refractivity contribution in [3.05, 3.63) is 0 Å². The molecule has 2 atom stereocenters. The molecule has 1 saturated carbocycles. The third-order valence-electron chi connectivity index (χ3n) is 2.03. The minimum Gasteiger partial charge on any atom is -0.396 e. The van der Waals surface area contributed by atoms with Crippen molar-refractivity contribution in [2.75, 3.05) is 6.61 Å². The Labute approximate surface area is 58.8 Å². The predicted octanol–water partition coefficient (Wildman–Crippen LogP) is 1.68. The Hall–Kier alpha value is 0.180. The van der Waals surface area contributed by atoms with Crippen molar-refractivity contribution in [2.24, 2.45) is 5.41 Å². The van der Waals surface area contributed by atoms with E-state index in [0.717, 1.165) is 0 Å². The molecule has 0 saturated heterocycles. The molecule has 54 valence electrons. The zero-order valence-electron chi connectivity index (χ0n) is 5.32. The molecule has 0 bridgehead atoms. The maximum Gasteiger partial charge on any atom is 0.189 e. The van der Waals surface area contributed by atoms with Crippen molar-refractivity contribution in [1.29, 1.82) is 0 Å². The average molecular weight is 153 g/mol. The van der Waals surface area contributed by atoms with Gasteiger partial charge in [0.25, 0.3) is 0 Å². The van der Waals surface area contributed by atoms with Crippen molar-refractivity contribution in [1.82, 2.24) is 0 Å². The fourth-order valence-electron chi connectivity index (χ4n) is 0.964. The topological polar surface area (TPSA) is 20.2 Å². The molecule has 1 N–H and O–H groups in total. The molecule has 0 unspecified atom stereocenters. The van der Waals surface area contributed by atoms with Gasteiger partial charge in [0.1, 0.15) is 0 Å². The molecular formula is C6H10ClFO. The molecule has 0 amide bonds. The summed E-state index contributed by atoms with van der Waals surface area (Å²) < 4.78 is 12.7. The Morgan fingerprint density at radius 3 is 2.33 bits per heavy atom. The van der Waals surface area contributed by atoms with Crippen LogP contribution in [0.3, 0.4) is 0 Å². The number of aliphatic hydroxyl groups is 1. The molecule has 0 radical (unpaired) electrons. The van der Waals surface area contributed by atoms with E-state index >= 15 is 0 Å². The smallest absolute Gasteiger partial charge is 0.189 e. The lowest BCUT2D eigenvalue weighted by molar-refractivity contribution is 0.228. The summed E-state index contributed by atoms with van der Waals surface area (Å²) in [5, 5.41) is 6.92. The van der Waals surface area contributed by atoms with E-state index in [0.29, 0.717) is 12.8 Å². The van der Waals surface area contributed by atoms with E-state index in [4.69, 9.17) is 16.7 Å². The van der Waals surface area contributed by atoms with Crippen molar-refractivity contribution in [3.63, 3.8) is 0 Å². The normalized spacial score (nSPS) is 49.3. The largest absolute Gasteiger partial charge is 0.396 e. The Morgan fingerprint density at radius 1 is 1.78 bits per heavy atom. The van der Waals surface area contributed by atoms with Crippen LogP contribution in [0.5, 0.6) is 0 Å². The second-order valence-corrected chi connectivity index (χ2v) is 3.51. The zero-order chi connectivity index (χ0) is 7.12. The van der Waals surface area contributed by atoms with Crippen LogP contribution in [0, 0.1) is 5.41 Å². The van der Waals surface area contributed by atoms with E-state index < -0.39 is 10.5 Å². The zero-order valence-corrected chi connectivity index (χ0v) is 6.08. The van der Waals surface area contributed by atoms with Crippen LogP contribution in [-0.4, -0.2) is 16.8 Å². The third-order valence-corrected chi connectivity index (χ3v) is 2.62. The molecule has 1 fully saturated rings. The average Bonchev–Trinajstić information content (AvgIpc) is 2.07. The summed E-state index contributed by atoms with van der Waals surface area (Å²) in [6.07, 6.45) is 0.842. The van der Waals surface area contributed by atoms with Crippen LogP contribution in [0.2, 0.25) is 0 Å². The number of aliphatic hydroxyl groups excluding tert-OH is 1. The van der Waals surface area contributed by atoms with Crippen LogP contribution < -0.4 is 0 Å². The van der Waals surface area contributed by atoms with Gasteiger partial charge in [0.2, 0.25) is 0 Å². The summed E-state index contributed by atoms with van der Waals surface area (Å²) in [6.45, 7) is 1.77. The molecule has 0 heterocycles. The number of alkyl halides is 2. The van der Waals surface area contributed by atoms with E-state index in [-0.39, 0.29) is 6.61 Å². The van der Waals surface area contributed by atoms with Crippen LogP contribution in [0.15, 0.2) is 0 Å². The first-order chi connectivity index (χ1) is 4.02. The molecule has 0 aromatic heterocycles. The first-order valence-corrected chi connectivity index (χ1v) is 3.38. The minimum absolute atomic E-state index is 0.0227. The molecule has 3 heteroatoms. The fraction of sp³-hybridized carbons (Fsp3) is 1.00. The van der Waals surface area contributed by atoms with Gasteiger partial charge in [-0.2, -0.15) is 0 Å². The predicted molar refractivity (Wildman–Crippen MR) is 34.1 cm³/mol. The van der Waals surface area contributed by atoms with Gasteiger partial charge < -0.3 is 5.11 Å². The number of hydrogen-bond donors (Lipinski definition) is 1. The van der Waals surface area contributed by atoms with Gasteiger partial charge in [0, 0.05) is 18.4 Å². The van der Waals surface area contributed by atoms with Gasteiger partial charge in [0.15, 0.2) is 5.13 Å². The van der Waals surface area contributed by atoms with E-state index in [1.807, 2.05) is 0 Å². The van der Waals surface area contributed by atoms with Gasteiger partial charge >= 0.3 is 0 Å². The number of hydrogen-bond acceptors (Lipinski definition) is 1. The first-order valence-electron chi connectivity index (χ1n) is 3.00.